The van der Waals surface area contributed by atoms with Gasteiger partial charge >= 0.3 is 0 Å². The van der Waals surface area contributed by atoms with E-state index in [0.717, 1.165) is 0 Å². The third-order valence-corrected chi connectivity index (χ3v) is 3.42. The van der Waals surface area contributed by atoms with Gasteiger partial charge in [-0.3, -0.25) is 4.68 Å². The van der Waals surface area contributed by atoms with Crippen molar-refractivity contribution in [3.05, 3.63) is 66.2 Å². The Hall–Kier alpha value is -2.56. The molecule has 5 heteroatoms. The molecule has 0 bridgehead atoms. The molecule has 22 heavy (non-hydrogen) atoms. The Balaban J connectivity index is 2.21. The highest BCUT2D eigenvalue weighted by Gasteiger charge is 2.20. The summed E-state index contributed by atoms with van der Waals surface area (Å²) < 4.78 is 41.2. The van der Waals surface area contributed by atoms with Gasteiger partial charge in [-0.05, 0) is 28.8 Å². The van der Waals surface area contributed by atoms with Gasteiger partial charge in [0, 0.05) is 18.8 Å². The number of nitrogens with zero attached hydrogens (tertiary/aromatic N) is 2. The monoisotopic (exact) mass is 302 g/mol. The fourth-order valence-electron chi connectivity index (χ4n) is 2.50. The molecule has 0 aliphatic heterocycles. The predicted octanol–water partition coefficient (Wildman–Crippen LogP) is 4.83. The van der Waals surface area contributed by atoms with E-state index in [1.54, 1.807) is 49.6 Å². The van der Waals surface area contributed by atoms with Crippen molar-refractivity contribution in [3.8, 4) is 22.3 Å². The van der Waals surface area contributed by atoms with Crippen molar-refractivity contribution < 1.29 is 13.2 Å². The van der Waals surface area contributed by atoms with Crippen LogP contribution in [0.25, 0.3) is 22.3 Å². The lowest BCUT2D eigenvalue weighted by Gasteiger charge is -2.10. The minimum Gasteiger partial charge on any atom is -0.275 e. The Morgan fingerprint density at radius 2 is 1.68 bits per heavy atom. The summed E-state index contributed by atoms with van der Waals surface area (Å²) in [6.45, 7) is 0. The minimum atomic E-state index is -2.67. The molecule has 0 atom stereocenters. The van der Waals surface area contributed by atoms with Crippen LogP contribution in [0.2, 0.25) is 0 Å². The van der Waals surface area contributed by atoms with E-state index in [1.807, 2.05) is 0 Å². The van der Waals surface area contributed by atoms with Crippen molar-refractivity contribution in [1.29, 1.82) is 0 Å². The van der Waals surface area contributed by atoms with Gasteiger partial charge in [0.1, 0.15) is 11.5 Å². The van der Waals surface area contributed by atoms with Crippen LogP contribution in [0.1, 0.15) is 12.1 Å². The lowest BCUT2D eigenvalue weighted by Crippen LogP contribution is -1.92. The van der Waals surface area contributed by atoms with Crippen LogP contribution in [0.4, 0.5) is 13.2 Å². The van der Waals surface area contributed by atoms with Crippen LogP contribution in [0.15, 0.2) is 54.7 Å². The molecule has 0 N–H and O–H groups in total. The number of hydrogen-bond donors (Lipinski definition) is 0. The Kier molecular flexibility index (Phi) is 3.71. The van der Waals surface area contributed by atoms with Crippen LogP contribution < -0.4 is 0 Å². The first-order chi connectivity index (χ1) is 10.6. The Morgan fingerprint density at radius 1 is 0.955 bits per heavy atom. The van der Waals surface area contributed by atoms with E-state index in [1.165, 1.54) is 16.8 Å². The molecule has 0 radical (unpaired) electrons. The van der Waals surface area contributed by atoms with Gasteiger partial charge in [0.2, 0.25) is 0 Å². The topological polar surface area (TPSA) is 17.8 Å². The van der Waals surface area contributed by atoms with E-state index in [9.17, 15) is 13.2 Å². The Morgan fingerprint density at radius 3 is 2.36 bits per heavy atom. The van der Waals surface area contributed by atoms with Gasteiger partial charge in [-0.2, -0.15) is 5.10 Å². The summed E-state index contributed by atoms with van der Waals surface area (Å²) in [4.78, 5) is 0. The number of hydrogen-bond acceptors (Lipinski definition) is 1. The van der Waals surface area contributed by atoms with Gasteiger partial charge in [-0.15, -0.1) is 0 Å². The highest BCUT2D eigenvalue weighted by Crippen LogP contribution is 2.36. The largest absolute Gasteiger partial charge is 0.282 e. The number of aryl methyl sites for hydroxylation is 1. The molecular formula is C17H13F3N2. The zero-order valence-corrected chi connectivity index (χ0v) is 11.8. The second-order valence-corrected chi connectivity index (χ2v) is 4.96. The van der Waals surface area contributed by atoms with E-state index >= 15 is 0 Å². The first-order valence-corrected chi connectivity index (χ1v) is 6.73. The molecule has 0 aliphatic carbocycles. The van der Waals surface area contributed by atoms with Crippen LogP contribution in [-0.4, -0.2) is 9.78 Å². The van der Waals surface area contributed by atoms with E-state index in [2.05, 4.69) is 5.10 Å². The maximum Gasteiger partial charge on any atom is 0.282 e. The molecule has 0 unspecified atom stereocenters. The normalized spacial score (nSPS) is 11.1. The molecule has 2 nitrogen and oxygen atoms in total. The standard InChI is InChI=1S/C17H13F3N2/c1-22-10-15(16(21-22)17(19)20)14-8-3-2-7-13(14)11-5-4-6-12(18)9-11/h2-10,17H,1H3. The molecule has 0 aliphatic rings. The third-order valence-electron chi connectivity index (χ3n) is 3.42. The van der Waals surface area contributed by atoms with Gasteiger partial charge in [-0.1, -0.05) is 36.4 Å². The van der Waals surface area contributed by atoms with Gasteiger partial charge in [0.25, 0.3) is 6.43 Å². The average Bonchev–Trinajstić information content (AvgIpc) is 2.89. The fourth-order valence-corrected chi connectivity index (χ4v) is 2.50. The second kappa shape index (κ2) is 5.67. The fraction of sp³-hybridized carbons (Fsp3) is 0.118. The maximum atomic E-state index is 13.5. The van der Waals surface area contributed by atoms with E-state index in [0.29, 0.717) is 22.3 Å². The average molecular weight is 302 g/mol. The summed E-state index contributed by atoms with van der Waals surface area (Å²) in [5.74, 6) is -0.368. The molecule has 2 aromatic carbocycles. The molecule has 1 heterocycles. The van der Waals surface area contributed by atoms with Crippen LogP contribution >= 0.6 is 0 Å². The van der Waals surface area contributed by atoms with Gasteiger partial charge < -0.3 is 0 Å². The number of halogens is 3. The molecule has 0 amide bonds. The first-order valence-electron chi connectivity index (χ1n) is 6.73. The van der Waals surface area contributed by atoms with Crippen molar-refractivity contribution in [2.75, 3.05) is 0 Å². The first kappa shape index (κ1) is 14.4. The summed E-state index contributed by atoms with van der Waals surface area (Å²) in [5, 5.41) is 3.83. The Labute approximate surface area is 125 Å². The maximum absolute atomic E-state index is 13.5. The van der Waals surface area contributed by atoms with E-state index < -0.39 is 6.43 Å². The number of benzene rings is 2. The molecule has 0 saturated heterocycles. The molecule has 3 aromatic rings. The summed E-state index contributed by atoms with van der Waals surface area (Å²) >= 11 is 0. The van der Waals surface area contributed by atoms with Crippen LogP contribution in [0.5, 0.6) is 0 Å². The summed E-state index contributed by atoms with van der Waals surface area (Å²) in [6, 6.07) is 13.2. The highest BCUT2D eigenvalue weighted by molar-refractivity contribution is 5.84. The Bertz CT molecular complexity index is 809. The van der Waals surface area contributed by atoms with Gasteiger partial charge in [0.15, 0.2) is 0 Å². The summed E-state index contributed by atoms with van der Waals surface area (Å²) in [6.07, 6.45) is -1.11. The molecule has 0 spiro atoms. The van der Waals surface area contributed by atoms with Crippen molar-refractivity contribution in [1.82, 2.24) is 9.78 Å². The van der Waals surface area contributed by atoms with Crippen molar-refractivity contribution >= 4 is 0 Å². The van der Waals surface area contributed by atoms with E-state index in [4.69, 9.17) is 0 Å². The van der Waals surface area contributed by atoms with Crippen molar-refractivity contribution in [2.45, 2.75) is 6.43 Å². The summed E-state index contributed by atoms with van der Waals surface area (Å²) in [5.41, 5.74) is 2.02. The molecule has 3 rings (SSSR count). The molecule has 0 saturated carbocycles. The lowest BCUT2D eigenvalue weighted by atomic mass is 9.95. The van der Waals surface area contributed by atoms with Crippen LogP contribution in [-0.2, 0) is 7.05 Å². The van der Waals surface area contributed by atoms with Gasteiger partial charge in [0.05, 0.1) is 0 Å². The molecule has 112 valence electrons. The van der Waals surface area contributed by atoms with E-state index in [-0.39, 0.29) is 11.5 Å². The summed E-state index contributed by atoms with van der Waals surface area (Å²) in [7, 11) is 1.60. The van der Waals surface area contributed by atoms with Crippen molar-refractivity contribution in [2.24, 2.45) is 7.05 Å². The number of alkyl halides is 2. The SMILES string of the molecule is Cn1cc(-c2ccccc2-c2cccc(F)c2)c(C(F)F)n1. The lowest BCUT2D eigenvalue weighted by molar-refractivity contribution is 0.146. The minimum absolute atomic E-state index is 0.272. The molecule has 1 aromatic heterocycles. The highest BCUT2D eigenvalue weighted by atomic mass is 19.3. The zero-order chi connectivity index (χ0) is 15.7. The quantitative estimate of drug-likeness (QED) is 0.677. The predicted molar refractivity (Wildman–Crippen MR) is 79.0 cm³/mol. The smallest absolute Gasteiger partial charge is 0.275 e. The van der Waals surface area contributed by atoms with Crippen molar-refractivity contribution in [3.63, 3.8) is 0 Å². The number of aromatic nitrogens is 2. The molecular weight excluding hydrogens is 289 g/mol. The molecule has 0 fully saturated rings. The van der Waals surface area contributed by atoms with Crippen LogP contribution in [0.3, 0.4) is 0 Å². The van der Waals surface area contributed by atoms with Crippen LogP contribution in [0, 0.1) is 5.82 Å². The second-order valence-electron chi connectivity index (χ2n) is 4.96. The zero-order valence-electron chi connectivity index (χ0n) is 11.8. The number of rotatable bonds is 3. The third kappa shape index (κ3) is 2.62. The van der Waals surface area contributed by atoms with Gasteiger partial charge in [-0.25, -0.2) is 13.2 Å².